The third-order valence-electron chi connectivity index (χ3n) is 3.24. The molecule has 1 N–H and O–H groups in total. The smallest absolute Gasteiger partial charge is 0.129 e. The summed E-state index contributed by atoms with van der Waals surface area (Å²) in [4.78, 5) is 0. The summed E-state index contributed by atoms with van der Waals surface area (Å²) in [6, 6.07) is 11.8. The van der Waals surface area contributed by atoms with Crippen molar-refractivity contribution < 1.29 is 14.2 Å². The molecule has 0 spiro atoms. The number of halogens is 2. The van der Waals surface area contributed by atoms with Gasteiger partial charge in [0.2, 0.25) is 0 Å². The first-order chi connectivity index (χ1) is 9.44. The Bertz CT molecular complexity index is 611. The van der Waals surface area contributed by atoms with E-state index >= 15 is 0 Å². The fourth-order valence-corrected chi connectivity index (χ4v) is 2.56. The van der Waals surface area contributed by atoms with E-state index in [2.05, 4.69) is 15.9 Å². The largest absolute Gasteiger partial charge is 0.497 e. The van der Waals surface area contributed by atoms with Gasteiger partial charge >= 0.3 is 0 Å². The Hall–Kier alpha value is -1.39. The van der Waals surface area contributed by atoms with E-state index in [0.29, 0.717) is 5.75 Å². The lowest BCUT2D eigenvalue weighted by Crippen LogP contribution is -2.25. The lowest BCUT2D eigenvalue weighted by atomic mass is 9.88. The first-order valence-electron chi connectivity index (χ1n) is 6.24. The van der Waals surface area contributed by atoms with Crippen molar-refractivity contribution in [3.05, 3.63) is 63.9 Å². The fourth-order valence-electron chi connectivity index (χ4n) is 2.18. The molecule has 1 atom stereocenters. The van der Waals surface area contributed by atoms with Gasteiger partial charge in [-0.05, 0) is 36.8 Å². The molecule has 2 nitrogen and oxygen atoms in total. The molecule has 2 rings (SSSR count). The minimum Gasteiger partial charge on any atom is -0.497 e. The molecule has 0 bridgehead atoms. The van der Waals surface area contributed by atoms with Crippen LogP contribution in [0.2, 0.25) is 0 Å². The summed E-state index contributed by atoms with van der Waals surface area (Å²) in [5, 5.41) is 10.6. The molecule has 0 aliphatic carbocycles. The van der Waals surface area contributed by atoms with Crippen LogP contribution in [0.15, 0.2) is 46.9 Å². The molecule has 1 unspecified atom stereocenters. The highest BCUT2D eigenvalue weighted by Crippen LogP contribution is 2.32. The van der Waals surface area contributed by atoms with Gasteiger partial charge in [0.15, 0.2) is 0 Å². The number of rotatable bonds is 4. The molecule has 0 fully saturated rings. The lowest BCUT2D eigenvalue weighted by Gasteiger charge is -2.25. The summed E-state index contributed by atoms with van der Waals surface area (Å²) >= 11 is 3.44. The van der Waals surface area contributed by atoms with E-state index in [4.69, 9.17) is 4.74 Å². The van der Waals surface area contributed by atoms with Gasteiger partial charge in [-0.15, -0.1) is 0 Å². The topological polar surface area (TPSA) is 29.5 Å². The number of ether oxygens (including phenoxy) is 1. The number of hydrogen-bond acceptors (Lipinski definition) is 2. The monoisotopic (exact) mass is 338 g/mol. The minimum absolute atomic E-state index is 0.283. The average molecular weight is 339 g/mol. The molecule has 0 amide bonds. The molecule has 0 aliphatic heterocycles. The van der Waals surface area contributed by atoms with Gasteiger partial charge in [-0.2, -0.15) is 0 Å². The van der Waals surface area contributed by atoms with Crippen LogP contribution in [-0.4, -0.2) is 12.2 Å². The van der Waals surface area contributed by atoms with Gasteiger partial charge in [-0.3, -0.25) is 0 Å². The Kier molecular flexibility index (Phi) is 4.45. The van der Waals surface area contributed by atoms with E-state index in [0.717, 1.165) is 10.0 Å². The zero-order valence-corrected chi connectivity index (χ0v) is 12.9. The van der Waals surface area contributed by atoms with Crippen LogP contribution in [0.4, 0.5) is 4.39 Å². The van der Waals surface area contributed by atoms with Crippen LogP contribution in [0.25, 0.3) is 0 Å². The maximum Gasteiger partial charge on any atom is 0.129 e. The fraction of sp³-hybridized carbons (Fsp3) is 0.250. The van der Waals surface area contributed by atoms with Gasteiger partial charge in [0.1, 0.15) is 11.6 Å². The summed E-state index contributed by atoms with van der Waals surface area (Å²) in [6.07, 6.45) is 0.283. The summed E-state index contributed by atoms with van der Waals surface area (Å²) in [6.45, 7) is 1.61. The molecule has 0 saturated carbocycles. The highest BCUT2D eigenvalue weighted by Gasteiger charge is 2.27. The third-order valence-corrected chi connectivity index (χ3v) is 4.02. The molecule has 0 aliphatic rings. The Labute approximate surface area is 126 Å². The van der Waals surface area contributed by atoms with Crippen molar-refractivity contribution in [2.45, 2.75) is 18.9 Å². The summed E-state index contributed by atoms with van der Waals surface area (Å²) in [7, 11) is 1.59. The van der Waals surface area contributed by atoms with Crippen LogP contribution in [0.5, 0.6) is 5.75 Å². The predicted octanol–water partition coefficient (Wildman–Crippen LogP) is 4.05. The second kappa shape index (κ2) is 5.94. The van der Waals surface area contributed by atoms with Crippen LogP contribution in [0.1, 0.15) is 18.1 Å². The van der Waals surface area contributed by atoms with Crippen molar-refractivity contribution >= 4 is 15.9 Å². The van der Waals surface area contributed by atoms with Gasteiger partial charge in [0.05, 0.1) is 12.7 Å². The molecule has 4 heteroatoms. The summed E-state index contributed by atoms with van der Waals surface area (Å²) < 4.78 is 19.9. The maximum absolute atomic E-state index is 13.8. The standard InChI is InChI=1S/C16H16BrFO2/c1-16(19,13-5-3-4-6-15(13)18)10-11-9-12(20-2)7-8-14(11)17/h3-9,19H,10H2,1-2H3. The molecule has 106 valence electrons. The average Bonchev–Trinajstić information content (AvgIpc) is 2.41. The van der Waals surface area contributed by atoms with E-state index in [1.807, 2.05) is 18.2 Å². The van der Waals surface area contributed by atoms with Crippen molar-refractivity contribution in [3.8, 4) is 5.75 Å². The van der Waals surface area contributed by atoms with Crippen LogP contribution in [-0.2, 0) is 12.0 Å². The van der Waals surface area contributed by atoms with E-state index in [1.54, 1.807) is 32.2 Å². The molecule has 0 heterocycles. The number of aliphatic hydroxyl groups is 1. The van der Waals surface area contributed by atoms with Crippen LogP contribution in [0.3, 0.4) is 0 Å². The van der Waals surface area contributed by atoms with Crippen LogP contribution < -0.4 is 4.74 Å². The van der Waals surface area contributed by atoms with Gasteiger partial charge in [0, 0.05) is 16.5 Å². The predicted molar refractivity (Wildman–Crippen MR) is 80.4 cm³/mol. The zero-order chi connectivity index (χ0) is 14.8. The van der Waals surface area contributed by atoms with Crippen molar-refractivity contribution in [1.29, 1.82) is 0 Å². The van der Waals surface area contributed by atoms with Crippen molar-refractivity contribution in [1.82, 2.24) is 0 Å². The quantitative estimate of drug-likeness (QED) is 0.911. The van der Waals surface area contributed by atoms with E-state index in [1.165, 1.54) is 6.07 Å². The first-order valence-corrected chi connectivity index (χ1v) is 7.03. The number of methoxy groups -OCH3 is 1. The third kappa shape index (κ3) is 3.19. The highest BCUT2D eigenvalue weighted by atomic mass is 79.9. The molecule has 2 aromatic carbocycles. The molecule has 2 aromatic rings. The number of benzene rings is 2. The Morgan fingerprint density at radius 1 is 1.25 bits per heavy atom. The van der Waals surface area contributed by atoms with Crippen molar-refractivity contribution in [2.24, 2.45) is 0 Å². The maximum atomic E-state index is 13.8. The van der Waals surface area contributed by atoms with Gasteiger partial charge in [0.25, 0.3) is 0 Å². The van der Waals surface area contributed by atoms with Crippen molar-refractivity contribution in [3.63, 3.8) is 0 Å². The number of hydrogen-bond donors (Lipinski definition) is 1. The Morgan fingerprint density at radius 2 is 1.95 bits per heavy atom. The molecular formula is C16H16BrFO2. The first kappa shape index (κ1) is 15.0. The second-order valence-electron chi connectivity index (χ2n) is 4.89. The normalized spacial score (nSPS) is 13.8. The van der Waals surface area contributed by atoms with Crippen LogP contribution in [0, 0.1) is 5.82 Å². The molecule has 0 saturated heterocycles. The SMILES string of the molecule is COc1ccc(Br)c(CC(C)(O)c2ccccc2F)c1. The van der Waals surface area contributed by atoms with E-state index in [-0.39, 0.29) is 12.0 Å². The Morgan fingerprint density at radius 3 is 2.60 bits per heavy atom. The summed E-state index contributed by atoms with van der Waals surface area (Å²) in [5.41, 5.74) is -0.146. The zero-order valence-electron chi connectivity index (χ0n) is 11.4. The summed E-state index contributed by atoms with van der Waals surface area (Å²) in [5.74, 6) is 0.295. The molecular weight excluding hydrogens is 323 g/mol. The lowest BCUT2D eigenvalue weighted by molar-refractivity contribution is 0.0536. The second-order valence-corrected chi connectivity index (χ2v) is 5.74. The van der Waals surface area contributed by atoms with E-state index < -0.39 is 11.4 Å². The minimum atomic E-state index is -1.29. The van der Waals surface area contributed by atoms with Gasteiger partial charge < -0.3 is 9.84 Å². The highest BCUT2D eigenvalue weighted by molar-refractivity contribution is 9.10. The molecule has 0 radical (unpaired) electrons. The van der Waals surface area contributed by atoms with Gasteiger partial charge in [-0.1, -0.05) is 34.1 Å². The Balaban J connectivity index is 2.35. The molecule has 20 heavy (non-hydrogen) atoms. The van der Waals surface area contributed by atoms with Gasteiger partial charge in [-0.25, -0.2) is 4.39 Å². The van der Waals surface area contributed by atoms with E-state index in [9.17, 15) is 9.50 Å². The van der Waals surface area contributed by atoms with Crippen molar-refractivity contribution in [2.75, 3.05) is 7.11 Å². The molecule has 0 aromatic heterocycles. The van der Waals surface area contributed by atoms with Crippen LogP contribution >= 0.6 is 15.9 Å².